The summed E-state index contributed by atoms with van der Waals surface area (Å²) in [4.78, 5) is 18.8. The molecule has 0 aromatic heterocycles. The normalized spacial score (nSPS) is 15.4. The van der Waals surface area contributed by atoms with Gasteiger partial charge in [0.25, 0.3) is 0 Å². The maximum absolute atomic E-state index is 11.7. The molecule has 1 aromatic rings. The van der Waals surface area contributed by atoms with E-state index in [2.05, 4.69) is 50.0 Å². The lowest BCUT2D eigenvalue weighted by Crippen LogP contribution is -2.46. The third-order valence-electron chi connectivity index (χ3n) is 4.89. The van der Waals surface area contributed by atoms with Crippen LogP contribution in [0.2, 0.25) is 0 Å². The molecular formula is C20H32IN3O2. The molecule has 0 aliphatic carbocycles. The van der Waals surface area contributed by atoms with Gasteiger partial charge in [0.2, 0.25) is 0 Å². The van der Waals surface area contributed by atoms with Gasteiger partial charge in [0, 0.05) is 19.6 Å². The average Bonchev–Trinajstić information content (AvgIpc) is 2.59. The van der Waals surface area contributed by atoms with Gasteiger partial charge in [-0.1, -0.05) is 17.7 Å². The van der Waals surface area contributed by atoms with E-state index in [1.54, 1.807) is 0 Å². The van der Waals surface area contributed by atoms with E-state index in [0.29, 0.717) is 6.54 Å². The Morgan fingerprint density at radius 2 is 1.81 bits per heavy atom. The number of carbonyl (C=O) groups is 1. The highest BCUT2D eigenvalue weighted by atomic mass is 127. The molecule has 0 spiro atoms. The zero-order valence-corrected chi connectivity index (χ0v) is 18.9. The van der Waals surface area contributed by atoms with Crippen molar-refractivity contribution in [1.82, 2.24) is 10.2 Å². The molecule has 5 nitrogen and oxygen atoms in total. The van der Waals surface area contributed by atoms with E-state index in [-0.39, 0.29) is 35.9 Å². The molecular weight excluding hydrogens is 441 g/mol. The van der Waals surface area contributed by atoms with Crippen LogP contribution >= 0.6 is 24.0 Å². The van der Waals surface area contributed by atoms with Crippen LogP contribution in [0.5, 0.6) is 0 Å². The van der Waals surface area contributed by atoms with E-state index >= 15 is 0 Å². The van der Waals surface area contributed by atoms with Crippen LogP contribution in [-0.2, 0) is 16.1 Å². The SMILES string of the molecule is CCNC(=NCc1c(C)cc(C)cc1C)N1CCC(C(=O)OC)CC1.I. The number of guanidine groups is 1. The van der Waals surface area contributed by atoms with Crippen molar-refractivity contribution in [2.75, 3.05) is 26.7 Å². The van der Waals surface area contributed by atoms with Crippen LogP contribution in [0.25, 0.3) is 0 Å². The average molecular weight is 473 g/mol. The lowest BCUT2D eigenvalue weighted by Gasteiger charge is -2.33. The van der Waals surface area contributed by atoms with Crippen molar-refractivity contribution in [2.45, 2.75) is 47.1 Å². The number of ether oxygens (including phenoxy) is 1. The molecule has 1 fully saturated rings. The van der Waals surface area contributed by atoms with E-state index in [9.17, 15) is 4.79 Å². The summed E-state index contributed by atoms with van der Waals surface area (Å²) in [6.45, 7) is 11.7. The number of methoxy groups -OCH3 is 1. The molecule has 1 saturated heterocycles. The zero-order valence-electron chi connectivity index (χ0n) is 16.6. The minimum absolute atomic E-state index is 0. The summed E-state index contributed by atoms with van der Waals surface area (Å²) in [5.74, 6) is 0.864. The second-order valence-corrected chi connectivity index (χ2v) is 6.83. The van der Waals surface area contributed by atoms with Crippen LogP contribution in [0.15, 0.2) is 17.1 Å². The molecule has 0 atom stereocenters. The Bertz CT molecular complexity index is 615. The number of halogens is 1. The van der Waals surface area contributed by atoms with Gasteiger partial charge >= 0.3 is 5.97 Å². The smallest absolute Gasteiger partial charge is 0.308 e. The van der Waals surface area contributed by atoms with Crippen LogP contribution in [0.3, 0.4) is 0 Å². The lowest BCUT2D eigenvalue weighted by molar-refractivity contribution is -0.146. The van der Waals surface area contributed by atoms with Crippen molar-refractivity contribution in [3.8, 4) is 0 Å². The number of benzene rings is 1. The van der Waals surface area contributed by atoms with Gasteiger partial charge in [-0.2, -0.15) is 0 Å². The molecule has 2 rings (SSSR count). The highest BCUT2D eigenvalue weighted by Gasteiger charge is 2.26. The predicted octanol–water partition coefficient (Wildman–Crippen LogP) is 3.58. The number of aliphatic imine (C=N–C) groups is 1. The van der Waals surface area contributed by atoms with E-state index in [4.69, 9.17) is 9.73 Å². The molecule has 1 aliphatic rings. The first-order valence-corrected chi connectivity index (χ1v) is 9.14. The van der Waals surface area contributed by atoms with Crippen molar-refractivity contribution >= 4 is 35.9 Å². The number of hydrogen-bond acceptors (Lipinski definition) is 3. The van der Waals surface area contributed by atoms with Crippen LogP contribution in [0.4, 0.5) is 0 Å². The van der Waals surface area contributed by atoms with Crippen LogP contribution in [0.1, 0.15) is 42.0 Å². The second-order valence-electron chi connectivity index (χ2n) is 6.83. The number of carbonyl (C=O) groups excluding carboxylic acids is 1. The number of nitrogens with zero attached hydrogens (tertiary/aromatic N) is 2. The molecule has 0 radical (unpaired) electrons. The summed E-state index contributed by atoms with van der Waals surface area (Å²) >= 11 is 0. The molecule has 1 heterocycles. The van der Waals surface area contributed by atoms with Crippen molar-refractivity contribution < 1.29 is 9.53 Å². The fraction of sp³-hybridized carbons (Fsp3) is 0.600. The molecule has 0 unspecified atom stereocenters. The number of nitrogens with one attached hydrogen (secondary N) is 1. The third-order valence-corrected chi connectivity index (χ3v) is 4.89. The number of hydrogen-bond donors (Lipinski definition) is 1. The van der Waals surface area contributed by atoms with Gasteiger partial charge in [-0.3, -0.25) is 4.79 Å². The Morgan fingerprint density at radius 1 is 1.23 bits per heavy atom. The number of rotatable bonds is 4. The Balaban J connectivity index is 0.00000338. The van der Waals surface area contributed by atoms with E-state index in [1.165, 1.54) is 29.4 Å². The lowest BCUT2D eigenvalue weighted by atomic mass is 9.97. The first-order chi connectivity index (χ1) is 12.0. The van der Waals surface area contributed by atoms with E-state index < -0.39 is 0 Å². The minimum Gasteiger partial charge on any atom is -0.469 e. The summed E-state index contributed by atoms with van der Waals surface area (Å²) in [6.07, 6.45) is 1.64. The highest BCUT2D eigenvalue weighted by Crippen LogP contribution is 2.20. The Kier molecular flexibility index (Phi) is 9.39. The van der Waals surface area contributed by atoms with Gasteiger partial charge in [0.15, 0.2) is 5.96 Å². The van der Waals surface area contributed by atoms with Crippen LogP contribution < -0.4 is 5.32 Å². The molecule has 1 aromatic carbocycles. The largest absolute Gasteiger partial charge is 0.469 e. The Labute approximate surface area is 174 Å². The van der Waals surface area contributed by atoms with Crippen LogP contribution in [0, 0.1) is 26.7 Å². The first-order valence-electron chi connectivity index (χ1n) is 9.14. The number of likely N-dealkylation sites (tertiary alicyclic amines) is 1. The summed E-state index contributed by atoms with van der Waals surface area (Å²) < 4.78 is 4.87. The first kappa shape index (κ1) is 22.7. The molecule has 0 bridgehead atoms. The van der Waals surface area contributed by atoms with E-state index in [0.717, 1.165) is 38.4 Å². The fourth-order valence-corrected chi connectivity index (χ4v) is 3.53. The molecule has 26 heavy (non-hydrogen) atoms. The summed E-state index contributed by atoms with van der Waals surface area (Å²) in [5, 5.41) is 3.39. The Morgan fingerprint density at radius 3 is 2.31 bits per heavy atom. The summed E-state index contributed by atoms with van der Waals surface area (Å²) in [5.41, 5.74) is 5.17. The third kappa shape index (κ3) is 5.86. The summed E-state index contributed by atoms with van der Waals surface area (Å²) in [7, 11) is 1.46. The highest BCUT2D eigenvalue weighted by molar-refractivity contribution is 14.0. The van der Waals surface area contributed by atoms with Gasteiger partial charge in [-0.05, 0) is 57.2 Å². The van der Waals surface area contributed by atoms with Crippen molar-refractivity contribution in [3.05, 3.63) is 34.4 Å². The van der Waals surface area contributed by atoms with Crippen molar-refractivity contribution in [3.63, 3.8) is 0 Å². The fourth-order valence-electron chi connectivity index (χ4n) is 3.53. The number of esters is 1. The maximum Gasteiger partial charge on any atom is 0.308 e. The molecule has 0 saturated carbocycles. The standard InChI is InChI=1S/C20H31N3O2.HI/c1-6-21-20(23-9-7-17(8-10-23)19(24)25-5)22-13-18-15(3)11-14(2)12-16(18)4;/h11-12,17H,6-10,13H2,1-5H3,(H,21,22);1H. The zero-order chi connectivity index (χ0) is 18.4. The minimum atomic E-state index is -0.0903. The van der Waals surface area contributed by atoms with Crippen molar-refractivity contribution in [2.24, 2.45) is 10.9 Å². The molecule has 1 N–H and O–H groups in total. The molecule has 0 amide bonds. The van der Waals surface area contributed by atoms with Gasteiger partial charge in [-0.15, -0.1) is 24.0 Å². The monoisotopic (exact) mass is 473 g/mol. The topological polar surface area (TPSA) is 53.9 Å². The van der Waals surface area contributed by atoms with E-state index in [1.807, 2.05) is 0 Å². The maximum atomic E-state index is 11.7. The molecule has 1 aliphatic heterocycles. The predicted molar refractivity (Wildman–Crippen MR) is 117 cm³/mol. The van der Waals surface area contributed by atoms with Gasteiger partial charge in [-0.25, -0.2) is 4.99 Å². The van der Waals surface area contributed by atoms with Gasteiger partial charge < -0.3 is 15.0 Å². The quantitative estimate of drug-likeness (QED) is 0.315. The van der Waals surface area contributed by atoms with Crippen LogP contribution in [-0.4, -0.2) is 43.6 Å². The Hall–Kier alpha value is -1.31. The van der Waals surface area contributed by atoms with Gasteiger partial charge in [0.05, 0.1) is 19.6 Å². The summed E-state index contributed by atoms with van der Waals surface area (Å²) in [6, 6.07) is 4.43. The number of piperidine rings is 1. The van der Waals surface area contributed by atoms with Crippen molar-refractivity contribution in [1.29, 1.82) is 0 Å². The van der Waals surface area contributed by atoms with Gasteiger partial charge in [0.1, 0.15) is 0 Å². The molecule has 6 heteroatoms. The number of aryl methyl sites for hydroxylation is 3. The second kappa shape index (κ2) is 10.7. The molecule has 146 valence electrons.